The number of nitrogens with zero attached hydrogens (tertiary/aromatic N) is 3. The lowest BCUT2D eigenvalue weighted by atomic mass is 10.0. The van der Waals surface area contributed by atoms with Gasteiger partial charge in [-0.3, -0.25) is 4.79 Å². The molecule has 1 fully saturated rings. The summed E-state index contributed by atoms with van der Waals surface area (Å²) in [6.07, 6.45) is 0. The molecule has 6 nitrogen and oxygen atoms in total. The fraction of sp³-hybridized carbons (Fsp3) is 0.833. The third-order valence-electron chi connectivity index (χ3n) is 3.42. The van der Waals surface area contributed by atoms with Crippen LogP contribution in [0.2, 0.25) is 0 Å². The number of hydrogen-bond donors (Lipinski definition) is 1. The standard InChI is InChI=1S/C12H24N4O2/c1-9(10(2)13)11(17)15-5-7-16(8-6-15)12(18)14(3)4/h9-10H,5-8,13H2,1-4H3. The van der Waals surface area contributed by atoms with Crippen molar-refractivity contribution in [3.8, 4) is 0 Å². The fourth-order valence-corrected chi connectivity index (χ4v) is 1.91. The van der Waals surface area contributed by atoms with Crippen molar-refractivity contribution in [3.63, 3.8) is 0 Å². The lowest BCUT2D eigenvalue weighted by molar-refractivity contribution is -0.136. The highest BCUT2D eigenvalue weighted by molar-refractivity contribution is 5.80. The van der Waals surface area contributed by atoms with Crippen LogP contribution < -0.4 is 5.73 Å². The zero-order chi connectivity index (χ0) is 13.9. The average molecular weight is 256 g/mol. The van der Waals surface area contributed by atoms with Crippen molar-refractivity contribution in [2.75, 3.05) is 40.3 Å². The molecule has 6 heteroatoms. The van der Waals surface area contributed by atoms with Crippen molar-refractivity contribution in [1.82, 2.24) is 14.7 Å². The van der Waals surface area contributed by atoms with Gasteiger partial charge in [-0.25, -0.2) is 4.79 Å². The number of amides is 3. The number of carbonyl (C=O) groups is 2. The lowest BCUT2D eigenvalue weighted by Crippen LogP contribution is -2.54. The van der Waals surface area contributed by atoms with Crippen LogP contribution in [0.4, 0.5) is 4.79 Å². The van der Waals surface area contributed by atoms with Gasteiger partial charge in [0.05, 0.1) is 5.92 Å². The number of nitrogens with two attached hydrogens (primary N) is 1. The van der Waals surface area contributed by atoms with Crippen LogP contribution in [0.3, 0.4) is 0 Å². The van der Waals surface area contributed by atoms with Crippen LogP contribution in [0.25, 0.3) is 0 Å². The molecule has 0 aliphatic carbocycles. The molecule has 2 atom stereocenters. The predicted octanol–water partition coefficient (Wildman–Crippen LogP) is -0.204. The van der Waals surface area contributed by atoms with Crippen molar-refractivity contribution in [2.45, 2.75) is 19.9 Å². The quantitative estimate of drug-likeness (QED) is 0.743. The molecule has 1 aliphatic heterocycles. The second-order valence-electron chi connectivity index (χ2n) is 5.14. The maximum Gasteiger partial charge on any atom is 0.319 e. The maximum atomic E-state index is 12.1. The molecule has 0 bridgehead atoms. The zero-order valence-electron chi connectivity index (χ0n) is 11.7. The van der Waals surface area contributed by atoms with E-state index in [9.17, 15) is 9.59 Å². The summed E-state index contributed by atoms with van der Waals surface area (Å²) in [5.41, 5.74) is 5.74. The van der Waals surface area contributed by atoms with Gasteiger partial charge in [-0.15, -0.1) is 0 Å². The van der Waals surface area contributed by atoms with Gasteiger partial charge in [-0.05, 0) is 6.92 Å². The van der Waals surface area contributed by atoms with Gasteiger partial charge in [-0.2, -0.15) is 0 Å². The summed E-state index contributed by atoms with van der Waals surface area (Å²) in [7, 11) is 3.47. The topological polar surface area (TPSA) is 69.9 Å². The first-order valence-electron chi connectivity index (χ1n) is 6.35. The molecule has 1 aliphatic rings. The minimum Gasteiger partial charge on any atom is -0.339 e. The van der Waals surface area contributed by atoms with Crippen molar-refractivity contribution >= 4 is 11.9 Å². The molecule has 18 heavy (non-hydrogen) atoms. The van der Waals surface area contributed by atoms with Crippen LogP contribution in [0.15, 0.2) is 0 Å². The van der Waals surface area contributed by atoms with Crippen molar-refractivity contribution in [1.29, 1.82) is 0 Å². The molecule has 2 N–H and O–H groups in total. The summed E-state index contributed by atoms with van der Waals surface area (Å²) in [6, 6.07) is -0.138. The minimum atomic E-state index is -0.166. The van der Waals surface area contributed by atoms with E-state index in [2.05, 4.69) is 0 Å². The molecule has 0 radical (unpaired) electrons. The van der Waals surface area contributed by atoms with E-state index in [1.165, 1.54) is 0 Å². The third-order valence-corrected chi connectivity index (χ3v) is 3.42. The predicted molar refractivity (Wildman–Crippen MR) is 70.0 cm³/mol. The zero-order valence-corrected chi connectivity index (χ0v) is 11.7. The Labute approximate surface area is 109 Å². The molecule has 1 rings (SSSR count). The van der Waals surface area contributed by atoms with E-state index in [4.69, 9.17) is 5.73 Å². The molecule has 0 aromatic rings. The molecule has 0 aromatic carbocycles. The van der Waals surface area contributed by atoms with Crippen molar-refractivity contribution in [2.24, 2.45) is 11.7 Å². The summed E-state index contributed by atoms with van der Waals surface area (Å²) in [5.74, 6) is -0.0805. The van der Waals surface area contributed by atoms with Gasteiger partial charge in [0.25, 0.3) is 0 Å². The van der Waals surface area contributed by atoms with Gasteiger partial charge in [-0.1, -0.05) is 6.92 Å². The summed E-state index contributed by atoms with van der Waals surface area (Å²) >= 11 is 0. The second-order valence-corrected chi connectivity index (χ2v) is 5.14. The Morgan fingerprint density at radius 2 is 1.50 bits per heavy atom. The van der Waals surface area contributed by atoms with E-state index in [0.29, 0.717) is 26.2 Å². The molecule has 2 unspecified atom stereocenters. The Morgan fingerprint density at radius 3 is 1.89 bits per heavy atom. The summed E-state index contributed by atoms with van der Waals surface area (Å²) in [4.78, 5) is 28.9. The van der Waals surface area contributed by atoms with Crippen molar-refractivity contribution < 1.29 is 9.59 Å². The van der Waals surface area contributed by atoms with Gasteiger partial charge in [0, 0.05) is 46.3 Å². The van der Waals surface area contributed by atoms with Gasteiger partial charge in [0.15, 0.2) is 0 Å². The van der Waals surface area contributed by atoms with Crippen LogP contribution >= 0.6 is 0 Å². The van der Waals surface area contributed by atoms with Crippen LogP contribution in [-0.2, 0) is 4.79 Å². The normalized spacial score (nSPS) is 19.4. The minimum absolute atomic E-state index is 0.00217. The molecular formula is C12H24N4O2. The fourth-order valence-electron chi connectivity index (χ4n) is 1.91. The summed E-state index contributed by atoms with van der Waals surface area (Å²) in [6.45, 7) is 6.06. The monoisotopic (exact) mass is 256 g/mol. The smallest absolute Gasteiger partial charge is 0.319 e. The van der Waals surface area contributed by atoms with E-state index in [0.717, 1.165) is 0 Å². The average Bonchev–Trinajstić information content (AvgIpc) is 2.36. The largest absolute Gasteiger partial charge is 0.339 e. The van der Waals surface area contributed by atoms with Crippen LogP contribution in [0, 0.1) is 5.92 Å². The van der Waals surface area contributed by atoms with Crippen LogP contribution in [0.1, 0.15) is 13.8 Å². The number of carbonyl (C=O) groups excluding carboxylic acids is 2. The van der Waals surface area contributed by atoms with E-state index in [-0.39, 0.29) is 23.9 Å². The molecule has 1 heterocycles. The first-order valence-corrected chi connectivity index (χ1v) is 6.35. The van der Waals surface area contributed by atoms with E-state index < -0.39 is 0 Å². The molecule has 104 valence electrons. The molecule has 1 saturated heterocycles. The Hall–Kier alpha value is -1.30. The first-order chi connectivity index (χ1) is 8.34. The number of urea groups is 1. The molecular weight excluding hydrogens is 232 g/mol. The Kier molecular flexibility index (Phi) is 4.95. The SMILES string of the molecule is CC(N)C(C)C(=O)N1CCN(C(=O)N(C)C)CC1. The summed E-state index contributed by atoms with van der Waals surface area (Å²) < 4.78 is 0. The van der Waals surface area contributed by atoms with Gasteiger partial charge in [0.2, 0.25) is 5.91 Å². The van der Waals surface area contributed by atoms with Gasteiger partial charge in [0.1, 0.15) is 0 Å². The van der Waals surface area contributed by atoms with Crippen LogP contribution in [0.5, 0.6) is 0 Å². The highest BCUT2D eigenvalue weighted by Gasteiger charge is 2.28. The lowest BCUT2D eigenvalue weighted by Gasteiger charge is -2.37. The Bertz CT molecular complexity index is 309. The molecule has 0 saturated carbocycles. The van der Waals surface area contributed by atoms with E-state index >= 15 is 0 Å². The Morgan fingerprint density at radius 1 is 1.06 bits per heavy atom. The second kappa shape index (κ2) is 6.04. The van der Waals surface area contributed by atoms with Crippen molar-refractivity contribution in [3.05, 3.63) is 0 Å². The number of hydrogen-bond acceptors (Lipinski definition) is 3. The van der Waals surface area contributed by atoms with E-state index in [1.807, 2.05) is 13.8 Å². The van der Waals surface area contributed by atoms with Crippen LogP contribution in [-0.4, -0.2) is 73.0 Å². The molecule has 3 amide bonds. The third kappa shape index (κ3) is 3.35. The number of rotatable bonds is 2. The van der Waals surface area contributed by atoms with Gasteiger partial charge >= 0.3 is 6.03 Å². The van der Waals surface area contributed by atoms with Gasteiger partial charge < -0.3 is 20.4 Å². The highest BCUT2D eigenvalue weighted by atomic mass is 16.2. The summed E-state index contributed by atoms with van der Waals surface area (Å²) in [5, 5.41) is 0. The first kappa shape index (κ1) is 14.8. The Balaban J connectivity index is 2.49. The number of piperazine rings is 1. The van der Waals surface area contributed by atoms with E-state index in [1.54, 1.807) is 28.8 Å². The molecule has 0 spiro atoms. The molecule has 0 aromatic heterocycles. The highest BCUT2D eigenvalue weighted by Crippen LogP contribution is 2.10. The maximum absolute atomic E-state index is 12.1.